The van der Waals surface area contributed by atoms with Crippen molar-refractivity contribution in [3.05, 3.63) is 17.0 Å². The van der Waals surface area contributed by atoms with E-state index in [2.05, 4.69) is 31.2 Å². The Balaban J connectivity index is 1.91. The Kier molecular flexibility index (Phi) is 6.84. The third-order valence-corrected chi connectivity index (χ3v) is 5.56. The summed E-state index contributed by atoms with van der Waals surface area (Å²) < 4.78 is 2.02. The van der Waals surface area contributed by atoms with Gasteiger partial charge >= 0.3 is 5.97 Å². The van der Waals surface area contributed by atoms with Crippen LogP contribution in [0.4, 0.5) is 0 Å². The fraction of sp³-hybridized carbons (Fsp3) is 0.750. The molecule has 6 heteroatoms. The molecule has 0 saturated heterocycles. The summed E-state index contributed by atoms with van der Waals surface area (Å²) in [6.45, 7) is 9.47. The molecule has 1 heterocycles. The lowest BCUT2D eigenvalue weighted by Gasteiger charge is -2.33. The highest BCUT2D eigenvalue weighted by molar-refractivity contribution is 5.79. The second-order valence-corrected chi connectivity index (χ2v) is 8.15. The molecule has 1 aromatic rings. The number of hydrogen-bond acceptors (Lipinski definition) is 3. The Morgan fingerprint density at radius 2 is 1.88 bits per heavy atom. The van der Waals surface area contributed by atoms with Crippen molar-refractivity contribution in [2.75, 3.05) is 6.54 Å². The lowest BCUT2D eigenvalue weighted by molar-refractivity contribution is -0.151. The first-order valence-electron chi connectivity index (χ1n) is 9.78. The number of carbonyl (C=O) groups is 2. The van der Waals surface area contributed by atoms with Gasteiger partial charge in [-0.05, 0) is 44.6 Å². The van der Waals surface area contributed by atoms with Crippen LogP contribution >= 0.6 is 0 Å². The van der Waals surface area contributed by atoms with E-state index < -0.39 is 11.4 Å². The number of carboxylic acid groups (broad SMARTS) is 1. The molecule has 0 spiro atoms. The number of aliphatic carboxylic acids is 1. The lowest BCUT2D eigenvalue weighted by atomic mass is 9.74. The molecule has 26 heavy (non-hydrogen) atoms. The number of aromatic nitrogens is 2. The van der Waals surface area contributed by atoms with Gasteiger partial charge in [0.25, 0.3) is 0 Å². The molecule has 0 atom stereocenters. The molecule has 1 fully saturated rings. The Hall–Kier alpha value is -1.85. The van der Waals surface area contributed by atoms with E-state index in [0.717, 1.165) is 42.8 Å². The van der Waals surface area contributed by atoms with Crippen molar-refractivity contribution >= 4 is 11.9 Å². The minimum atomic E-state index is -0.779. The lowest BCUT2D eigenvalue weighted by Crippen LogP contribution is -2.44. The van der Waals surface area contributed by atoms with Crippen LogP contribution in [0, 0.1) is 25.2 Å². The van der Waals surface area contributed by atoms with Gasteiger partial charge in [0, 0.05) is 25.2 Å². The van der Waals surface area contributed by atoms with Crippen LogP contribution in [0.2, 0.25) is 0 Å². The molecule has 6 nitrogen and oxygen atoms in total. The van der Waals surface area contributed by atoms with Gasteiger partial charge in [-0.1, -0.05) is 33.1 Å². The maximum absolute atomic E-state index is 12.3. The second-order valence-electron chi connectivity index (χ2n) is 8.15. The van der Waals surface area contributed by atoms with E-state index in [1.54, 1.807) is 0 Å². The smallest absolute Gasteiger partial charge is 0.311 e. The number of rotatable bonds is 8. The summed E-state index contributed by atoms with van der Waals surface area (Å²) in [5, 5.41) is 17.1. The zero-order valence-corrected chi connectivity index (χ0v) is 16.6. The van der Waals surface area contributed by atoms with Gasteiger partial charge in [-0.25, -0.2) is 0 Å². The largest absolute Gasteiger partial charge is 0.481 e. The van der Waals surface area contributed by atoms with Gasteiger partial charge in [-0.15, -0.1) is 0 Å². The van der Waals surface area contributed by atoms with Crippen LogP contribution in [-0.4, -0.2) is 33.3 Å². The van der Waals surface area contributed by atoms with E-state index in [4.69, 9.17) is 0 Å². The Morgan fingerprint density at radius 1 is 1.23 bits per heavy atom. The third-order valence-electron chi connectivity index (χ3n) is 5.56. The predicted octanol–water partition coefficient (Wildman–Crippen LogP) is 3.24. The number of aryl methyl sites for hydroxylation is 1. The minimum Gasteiger partial charge on any atom is -0.481 e. The van der Waals surface area contributed by atoms with Crippen LogP contribution in [0.1, 0.15) is 69.3 Å². The van der Waals surface area contributed by atoms with Gasteiger partial charge in [-0.3, -0.25) is 14.3 Å². The van der Waals surface area contributed by atoms with E-state index >= 15 is 0 Å². The van der Waals surface area contributed by atoms with E-state index in [9.17, 15) is 14.7 Å². The van der Waals surface area contributed by atoms with Gasteiger partial charge in [0.15, 0.2) is 0 Å². The Morgan fingerprint density at radius 3 is 2.46 bits per heavy atom. The normalized spacial score (nSPS) is 16.7. The van der Waals surface area contributed by atoms with Crippen molar-refractivity contribution in [2.45, 2.75) is 79.2 Å². The summed E-state index contributed by atoms with van der Waals surface area (Å²) in [7, 11) is 0. The molecule has 0 radical (unpaired) electrons. The topological polar surface area (TPSA) is 84.2 Å². The summed E-state index contributed by atoms with van der Waals surface area (Å²) in [5.74, 6) is -0.336. The molecule has 1 amide bonds. The van der Waals surface area contributed by atoms with Crippen LogP contribution in [0.15, 0.2) is 0 Å². The van der Waals surface area contributed by atoms with E-state index in [-0.39, 0.29) is 12.5 Å². The van der Waals surface area contributed by atoms with Gasteiger partial charge < -0.3 is 10.4 Å². The first-order chi connectivity index (χ1) is 12.2. The van der Waals surface area contributed by atoms with Crippen LogP contribution in [0.5, 0.6) is 0 Å². The molecule has 1 aliphatic rings. The van der Waals surface area contributed by atoms with Crippen LogP contribution < -0.4 is 5.32 Å². The van der Waals surface area contributed by atoms with Crippen molar-refractivity contribution in [3.63, 3.8) is 0 Å². The average Bonchev–Trinajstić information content (AvgIpc) is 2.84. The highest BCUT2D eigenvalue weighted by Gasteiger charge is 2.39. The molecule has 0 unspecified atom stereocenters. The molecule has 0 aromatic carbocycles. The molecule has 146 valence electrons. The molecular formula is C20H33N3O3. The van der Waals surface area contributed by atoms with Gasteiger partial charge in [0.2, 0.25) is 5.91 Å². The highest BCUT2D eigenvalue weighted by Crippen LogP contribution is 2.36. The fourth-order valence-corrected chi connectivity index (χ4v) is 3.91. The number of nitrogens with one attached hydrogen (secondary N) is 1. The van der Waals surface area contributed by atoms with Crippen molar-refractivity contribution in [1.82, 2.24) is 15.1 Å². The quantitative estimate of drug-likeness (QED) is 0.742. The average molecular weight is 364 g/mol. The number of amides is 1. The summed E-state index contributed by atoms with van der Waals surface area (Å²) >= 11 is 0. The summed E-state index contributed by atoms with van der Waals surface area (Å²) in [4.78, 5) is 24.0. The second kappa shape index (κ2) is 8.69. The van der Waals surface area contributed by atoms with Gasteiger partial charge in [-0.2, -0.15) is 5.10 Å². The van der Waals surface area contributed by atoms with E-state index in [0.29, 0.717) is 31.6 Å². The summed E-state index contributed by atoms with van der Waals surface area (Å²) in [6.07, 6.45) is 5.26. The Bertz CT molecular complexity index is 643. The highest BCUT2D eigenvalue weighted by atomic mass is 16.4. The number of carboxylic acids is 1. The van der Waals surface area contributed by atoms with Crippen LogP contribution in [0.3, 0.4) is 0 Å². The van der Waals surface area contributed by atoms with E-state index in [1.165, 1.54) is 0 Å². The maximum atomic E-state index is 12.3. The first kappa shape index (κ1) is 20.5. The van der Waals surface area contributed by atoms with Crippen molar-refractivity contribution < 1.29 is 14.7 Å². The van der Waals surface area contributed by atoms with Crippen molar-refractivity contribution in [1.29, 1.82) is 0 Å². The predicted molar refractivity (Wildman–Crippen MR) is 101 cm³/mol. The van der Waals surface area contributed by atoms with Gasteiger partial charge in [0.1, 0.15) is 0 Å². The fourth-order valence-electron chi connectivity index (χ4n) is 3.91. The van der Waals surface area contributed by atoms with Crippen molar-refractivity contribution in [3.8, 4) is 0 Å². The molecule has 1 aliphatic carbocycles. The maximum Gasteiger partial charge on any atom is 0.311 e. The Labute approximate surface area is 156 Å². The van der Waals surface area contributed by atoms with E-state index in [1.807, 2.05) is 11.6 Å². The molecule has 0 aliphatic heterocycles. The minimum absolute atomic E-state index is 0.0772. The van der Waals surface area contributed by atoms with Crippen molar-refractivity contribution in [2.24, 2.45) is 11.3 Å². The number of carbonyl (C=O) groups excluding carboxylic acids is 1. The monoisotopic (exact) mass is 363 g/mol. The summed E-state index contributed by atoms with van der Waals surface area (Å²) in [6, 6.07) is 0. The molecule has 1 aromatic heterocycles. The summed E-state index contributed by atoms with van der Waals surface area (Å²) in [5.41, 5.74) is 2.46. The SMILES string of the molecule is Cc1nn(CC(C)C)c(C)c1CCC(=O)NCC1(C(=O)O)CCCCC1. The van der Waals surface area contributed by atoms with Crippen LogP contribution in [-0.2, 0) is 22.6 Å². The zero-order valence-electron chi connectivity index (χ0n) is 16.6. The van der Waals surface area contributed by atoms with Gasteiger partial charge in [0.05, 0.1) is 11.1 Å². The first-order valence-corrected chi connectivity index (χ1v) is 9.78. The molecular weight excluding hydrogens is 330 g/mol. The molecule has 2 N–H and O–H groups in total. The molecule has 2 rings (SSSR count). The number of hydrogen-bond donors (Lipinski definition) is 2. The third kappa shape index (κ3) is 4.86. The zero-order chi connectivity index (χ0) is 19.3. The molecule has 1 saturated carbocycles. The molecule has 0 bridgehead atoms. The number of nitrogens with zero attached hydrogens (tertiary/aromatic N) is 2. The van der Waals surface area contributed by atoms with Crippen LogP contribution in [0.25, 0.3) is 0 Å². The standard InChI is InChI=1S/C20H33N3O3/c1-14(2)12-23-16(4)17(15(3)22-23)8-9-18(24)21-13-20(19(25)26)10-6-5-7-11-20/h14H,5-13H2,1-4H3,(H,21,24)(H,25,26).